The highest BCUT2D eigenvalue weighted by Crippen LogP contribution is 2.18. The van der Waals surface area contributed by atoms with Gasteiger partial charge in [-0.15, -0.1) is 0 Å². The maximum Gasteiger partial charge on any atom is 0.306 e. The molecule has 0 heterocycles. The third-order valence-electron chi connectivity index (χ3n) is 14.7. The molecule has 0 saturated heterocycles. The van der Waals surface area contributed by atoms with Crippen molar-refractivity contribution in [2.24, 2.45) is 0 Å². The number of ether oxygens (including phenoxy) is 3. The lowest BCUT2D eigenvalue weighted by atomic mass is 10.0. The topological polar surface area (TPSA) is 78.9 Å². The van der Waals surface area contributed by atoms with E-state index < -0.39 is 6.10 Å². The normalized spacial score (nSPS) is 12.5. The van der Waals surface area contributed by atoms with Gasteiger partial charge in [-0.05, 0) is 57.8 Å². The van der Waals surface area contributed by atoms with Crippen LogP contribution in [0.4, 0.5) is 0 Å². The molecule has 1 atom stereocenters. The third-order valence-corrected chi connectivity index (χ3v) is 14.7. The van der Waals surface area contributed by atoms with Gasteiger partial charge in [0.25, 0.3) is 0 Å². The average molecular weight is 1080 g/mol. The van der Waals surface area contributed by atoms with Crippen molar-refractivity contribution < 1.29 is 28.6 Å². The Labute approximate surface area is 478 Å². The molecule has 6 heteroatoms. The van der Waals surface area contributed by atoms with E-state index in [1.165, 1.54) is 218 Å². The van der Waals surface area contributed by atoms with Gasteiger partial charge in [0.15, 0.2) is 6.10 Å². The van der Waals surface area contributed by atoms with Crippen molar-refractivity contribution >= 4 is 17.9 Å². The van der Waals surface area contributed by atoms with Crippen LogP contribution in [0, 0.1) is 0 Å². The third kappa shape index (κ3) is 63.6. The van der Waals surface area contributed by atoms with Crippen LogP contribution in [0.2, 0.25) is 0 Å². The Morgan fingerprint density at radius 3 is 0.766 bits per heavy atom. The zero-order valence-corrected chi connectivity index (χ0v) is 51.2. The fourth-order valence-corrected chi connectivity index (χ4v) is 9.77. The summed E-state index contributed by atoms with van der Waals surface area (Å²) in [5.74, 6) is -0.966. The molecule has 0 aromatic carbocycles. The number of hydrogen-bond donors (Lipinski definition) is 0. The van der Waals surface area contributed by atoms with Crippen LogP contribution in [0.25, 0.3) is 0 Å². The fourth-order valence-electron chi connectivity index (χ4n) is 9.77. The van der Waals surface area contributed by atoms with Crippen LogP contribution < -0.4 is 0 Å². The van der Waals surface area contributed by atoms with E-state index in [1.54, 1.807) is 0 Å². The van der Waals surface area contributed by atoms with Crippen LogP contribution in [0.15, 0.2) is 72.9 Å². The van der Waals surface area contributed by atoms with Gasteiger partial charge in [-0.1, -0.05) is 338 Å². The number of unbranched alkanes of at least 4 members (excludes halogenated alkanes) is 38. The molecule has 0 radical (unpaired) electrons. The predicted molar refractivity (Wildman–Crippen MR) is 335 cm³/mol. The molecule has 446 valence electrons. The molecule has 0 aliphatic rings. The smallest absolute Gasteiger partial charge is 0.306 e. The molecule has 0 saturated carbocycles. The number of carbonyl (C=O) groups excluding carboxylic acids is 3. The Hall–Kier alpha value is -3.15. The van der Waals surface area contributed by atoms with Crippen molar-refractivity contribution in [3.05, 3.63) is 72.9 Å². The first-order valence-corrected chi connectivity index (χ1v) is 33.4. The summed E-state index contributed by atoms with van der Waals surface area (Å²) >= 11 is 0. The number of allylic oxidation sites excluding steroid dienone is 12. The summed E-state index contributed by atoms with van der Waals surface area (Å²) in [6.45, 7) is 6.52. The van der Waals surface area contributed by atoms with Crippen molar-refractivity contribution in [3.63, 3.8) is 0 Å². The zero-order valence-electron chi connectivity index (χ0n) is 51.2. The standard InChI is InChI=1S/C71H126O6/c1-4-7-10-13-16-19-22-25-28-30-32-33-34-35-36-37-39-40-43-46-49-52-55-58-61-64-70(73)76-67-68(66-75-69(72)63-60-57-54-51-48-45-42-27-24-21-18-15-12-9-6-3)77-71(74)65-62-59-56-53-50-47-44-41-38-31-29-26-23-20-17-14-11-8-5-2/h8,11,17,20,26,29,38,41,47,50,56,59,68H,4-7,9-10,12-16,18-19,21-25,27-28,30-37,39-40,42-46,48-49,51-55,57-58,60-67H2,1-3H3/b11-8-,20-17-,29-26-,41-38-,50-47-,59-56-. The van der Waals surface area contributed by atoms with Gasteiger partial charge in [0.05, 0.1) is 0 Å². The second-order valence-electron chi connectivity index (χ2n) is 22.4. The van der Waals surface area contributed by atoms with E-state index >= 15 is 0 Å². The van der Waals surface area contributed by atoms with E-state index in [-0.39, 0.29) is 37.5 Å². The van der Waals surface area contributed by atoms with E-state index in [4.69, 9.17) is 14.2 Å². The van der Waals surface area contributed by atoms with Gasteiger partial charge in [-0.2, -0.15) is 0 Å². The monoisotopic (exact) mass is 1070 g/mol. The molecule has 0 aromatic heterocycles. The highest BCUT2D eigenvalue weighted by molar-refractivity contribution is 5.71. The lowest BCUT2D eigenvalue weighted by Gasteiger charge is -2.18. The van der Waals surface area contributed by atoms with Crippen molar-refractivity contribution in [2.45, 2.75) is 348 Å². The molecule has 0 spiro atoms. The van der Waals surface area contributed by atoms with Gasteiger partial charge in [0.1, 0.15) is 13.2 Å². The van der Waals surface area contributed by atoms with Gasteiger partial charge in [0, 0.05) is 19.3 Å². The maximum absolute atomic E-state index is 12.9. The summed E-state index contributed by atoms with van der Waals surface area (Å²) < 4.78 is 16.9. The minimum atomic E-state index is -0.814. The molecule has 0 bridgehead atoms. The highest BCUT2D eigenvalue weighted by atomic mass is 16.6. The van der Waals surface area contributed by atoms with Gasteiger partial charge < -0.3 is 14.2 Å². The van der Waals surface area contributed by atoms with Gasteiger partial charge in [-0.25, -0.2) is 0 Å². The van der Waals surface area contributed by atoms with Crippen molar-refractivity contribution in [1.29, 1.82) is 0 Å². The summed E-state index contributed by atoms with van der Waals surface area (Å²) in [5.41, 5.74) is 0. The van der Waals surface area contributed by atoms with Crippen LogP contribution in [0.3, 0.4) is 0 Å². The van der Waals surface area contributed by atoms with Crippen LogP contribution >= 0.6 is 0 Å². The van der Waals surface area contributed by atoms with Crippen LogP contribution in [0.1, 0.15) is 342 Å². The second-order valence-corrected chi connectivity index (χ2v) is 22.4. The van der Waals surface area contributed by atoms with Crippen LogP contribution in [0.5, 0.6) is 0 Å². The maximum atomic E-state index is 12.9. The number of carbonyl (C=O) groups is 3. The fraction of sp³-hybridized carbons (Fsp3) is 0.789. The minimum absolute atomic E-state index is 0.101. The average Bonchev–Trinajstić information content (AvgIpc) is 3.43. The van der Waals surface area contributed by atoms with Crippen molar-refractivity contribution in [2.75, 3.05) is 13.2 Å². The minimum Gasteiger partial charge on any atom is -0.462 e. The van der Waals surface area contributed by atoms with Crippen molar-refractivity contribution in [3.8, 4) is 0 Å². The Kier molecular flexibility index (Phi) is 62.7. The first-order chi connectivity index (χ1) is 38.0. The Morgan fingerprint density at radius 2 is 0.506 bits per heavy atom. The summed E-state index contributed by atoms with van der Waals surface area (Å²) in [5, 5.41) is 0. The van der Waals surface area contributed by atoms with Gasteiger partial charge in [0.2, 0.25) is 0 Å². The van der Waals surface area contributed by atoms with E-state index in [9.17, 15) is 14.4 Å². The number of esters is 3. The summed E-state index contributed by atoms with van der Waals surface area (Å²) in [4.78, 5) is 38.3. The van der Waals surface area contributed by atoms with Gasteiger partial charge in [-0.3, -0.25) is 14.4 Å². The molecule has 1 unspecified atom stereocenters. The molecule has 0 aromatic rings. The first-order valence-electron chi connectivity index (χ1n) is 33.4. The summed E-state index contributed by atoms with van der Waals surface area (Å²) in [6, 6.07) is 0. The molecular weight excluding hydrogens is 949 g/mol. The molecule has 0 aliphatic carbocycles. The molecule has 77 heavy (non-hydrogen) atoms. The number of hydrogen-bond acceptors (Lipinski definition) is 6. The second kappa shape index (κ2) is 65.4. The summed E-state index contributed by atoms with van der Waals surface area (Å²) in [7, 11) is 0. The Bertz CT molecular complexity index is 1420. The molecule has 0 aliphatic heterocycles. The lowest BCUT2D eigenvalue weighted by Crippen LogP contribution is -2.30. The largest absolute Gasteiger partial charge is 0.462 e. The quantitative estimate of drug-likeness (QED) is 0.0261. The van der Waals surface area contributed by atoms with E-state index in [0.29, 0.717) is 19.3 Å². The first kappa shape index (κ1) is 73.8. The summed E-state index contributed by atoms with van der Waals surface area (Å²) in [6.07, 6.45) is 85.1. The predicted octanol–water partition coefficient (Wildman–Crippen LogP) is 22.9. The van der Waals surface area contributed by atoms with E-state index in [0.717, 1.165) is 77.0 Å². The van der Waals surface area contributed by atoms with Crippen LogP contribution in [-0.4, -0.2) is 37.2 Å². The Balaban J connectivity index is 4.36. The van der Waals surface area contributed by atoms with E-state index in [2.05, 4.69) is 87.6 Å². The highest BCUT2D eigenvalue weighted by Gasteiger charge is 2.19. The molecule has 0 N–H and O–H groups in total. The zero-order chi connectivity index (χ0) is 55.7. The molecular formula is C71H126O6. The van der Waals surface area contributed by atoms with Gasteiger partial charge >= 0.3 is 17.9 Å². The number of rotatable bonds is 61. The molecule has 0 amide bonds. The van der Waals surface area contributed by atoms with Crippen LogP contribution in [-0.2, 0) is 28.6 Å². The van der Waals surface area contributed by atoms with Crippen molar-refractivity contribution in [1.82, 2.24) is 0 Å². The Morgan fingerprint density at radius 1 is 0.273 bits per heavy atom. The lowest BCUT2D eigenvalue weighted by molar-refractivity contribution is -0.166. The molecule has 0 fully saturated rings. The molecule has 6 nitrogen and oxygen atoms in total. The van der Waals surface area contributed by atoms with E-state index in [1.807, 2.05) is 6.08 Å². The molecule has 0 rings (SSSR count). The SMILES string of the molecule is CC/C=C\C/C=C\C/C=C\C/C=C\C/C=C\C/C=C\CCC(=O)OC(COC(=O)CCCCCCCCCCCCCCCCC)COC(=O)CCCCCCCCCCCCCCCCCCCCCCCCCCC.